The fourth-order valence-corrected chi connectivity index (χ4v) is 3.30. The van der Waals surface area contributed by atoms with Crippen LogP contribution in [0.3, 0.4) is 0 Å². The predicted octanol–water partition coefficient (Wildman–Crippen LogP) is 3.62. The molecule has 106 valence electrons. The summed E-state index contributed by atoms with van der Waals surface area (Å²) in [7, 11) is 0. The van der Waals surface area contributed by atoms with Gasteiger partial charge in [-0.25, -0.2) is 0 Å². The van der Waals surface area contributed by atoms with E-state index >= 15 is 0 Å². The number of benzene rings is 1. The lowest BCUT2D eigenvalue weighted by molar-refractivity contribution is 0.268. The molecule has 3 unspecified atom stereocenters. The first-order chi connectivity index (χ1) is 9.13. The van der Waals surface area contributed by atoms with Crippen molar-refractivity contribution < 1.29 is 0 Å². The third kappa shape index (κ3) is 3.37. The van der Waals surface area contributed by atoms with Crippen molar-refractivity contribution in [1.29, 1.82) is 0 Å². The van der Waals surface area contributed by atoms with Crippen LogP contribution in [0.15, 0.2) is 24.3 Å². The molecule has 1 aliphatic carbocycles. The van der Waals surface area contributed by atoms with Crippen molar-refractivity contribution in [2.75, 3.05) is 0 Å². The Morgan fingerprint density at radius 2 is 2.00 bits per heavy atom. The fraction of sp³-hybridized carbons (Fsp3) is 0.647. The maximum Gasteiger partial charge on any atom is 0.0244 e. The molecule has 0 spiro atoms. The molecule has 3 atom stereocenters. The lowest BCUT2D eigenvalue weighted by Crippen LogP contribution is -2.42. The summed E-state index contributed by atoms with van der Waals surface area (Å²) in [5.41, 5.74) is 6.17. The minimum Gasteiger partial charge on any atom is -0.271 e. The van der Waals surface area contributed by atoms with Crippen LogP contribution in [0.5, 0.6) is 0 Å². The molecule has 1 aromatic carbocycles. The highest BCUT2D eigenvalue weighted by atomic mass is 15.2. The van der Waals surface area contributed by atoms with Crippen molar-refractivity contribution in [2.24, 2.45) is 17.7 Å². The number of nitrogens with one attached hydrogen (secondary N) is 1. The Morgan fingerprint density at radius 1 is 1.26 bits per heavy atom. The van der Waals surface area contributed by atoms with E-state index in [1.807, 2.05) is 0 Å². The van der Waals surface area contributed by atoms with Gasteiger partial charge in [-0.3, -0.25) is 11.3 Å². The zero-order chi connectivity index (χ0) is 13.8. The van der Waals surface area contributed by atoms with Crippen LogP contribution in [0.1, 0.15) is 57.1 Å². The second-order valence-corrected chi connectivity index (χ2v) is 6.40. The van der Waals surface area contributed by atoms with E-state index in [1.54, 1.807) is 11.1 Å². The maximum atomic E-state index is 5.80. The summed E-state index contributed by atoms with van der Waals surface area (Å²) >= 11 is 0. The first-order valence-corrected chi connectivity index (χ1v) is 7.67. The quantitative estimate of drug-likeness (QED) is 0.627. The first-order valence-electron chi connectivity index (χ1n) is 7.67. The fourth-order valence-electron chi connectivity index (χ4n) is 3.30. The summed E-state index contributed by atoms with van der Waals surface area (Å²) in [6, 6.07) is 9.35. The van der Waals surface area contributed by atoms with Crippen LogP contribution in [0, 0.1) is 11.8 Å². The van der Waals surface area contributed by atoms with Gasteiger partial charge in [-0.2, -0.15) is 0 Å². The number of hydrazine groups is 1. The Morgan fingerprint density at radius 3 is 2.68 bits per heavy atom. The number of hydrogen-bond donors (Lipinski definition) is 2. The molecule has 19 heavy (non-hydrogen) atoms. The van der Waals surface area contributed by atoms with Crippen molar-refractivity contribution in [3.05, 3.63) is 35.4 Å². The van der Waals surface area contributed by atoms with E-state index < -0.39 is 0 Å². The van der Waals surface area contributed by atoms with Gasteiger partial charge in [-0.15, -0.1) is 0 Å². The molecular weight excluding hydrogens is 232 g/mol. The molecule has 1 aliphatic rings. The minimum atomic E-state index is 0.413. The molecule has 0 fully saturated rings. The molecule has 0 saturated heterocycles. The molecule has 0 aliphatic heterocycles. The Labute approximate surface area is 117 Å². The topological polar surface area (TPSA) is 38.0 Å². The summed E-state index contributed by atoms with van der Waals surface area (Å²) in [5.74, 6) is 7.75. The highest BCUT2D eigenvalue weighted by molar-refractivity contribution is 5.32. The van der Waals surface area contributed by atoms with Gasteiger partial charge in [0, 0.05) is 6.04 Å². The first kappa shape index (κ1) is 14.5. The predicted molar refractivity (Wildman–Crippen MR) is 81.9 cm³/mol. The monoisotopic (exact) mass is 260 g/mol. The average Bonchev–Trinajstić information content (AvgIpc) is 2.44. The zero-order valence-corrected chi connectivity index (χ0v) is 12.5. The van der Waals surface area contributed by atoms with Crippen molar-refractivity contribution in [2.45, 2.75) is 58.4 Å². The third-order valence-electron chi connectivity index (χ3n) is 4.93. The molecule has 0 aromatic heterocycles. The summed E-state index contributed by atoms with van der Waals surface area (Å²) in [5, 5.41) is 0. The van der Waals surface area contributed by atoms with Gasteiger partial charge in [0.05, 0.1) is 0 Å². The minimum absolute atomic E-state index is 0.413. The van der Waals surface area contributed by atoms with Crippen LogP contribution in [0.2, 0.25) is 0 Å². The molecule has 2 rings (SSSR count). The van der Waals surface area contributed by atoms with Crippen molar-refractivity contribution >= 4 is 0 Å². The molecule has 0 saturated carbocycles. The number of fused-ring (bicyclic) bond motifs is 1. The highest BCUT2D eigenvalue weighted by Gasteiger charge is 2.26. The van der Waals surface area contributed by atoms with Gasteiger partial charge in [0.15, 0.2) is 0 Å². The summed E-state index contributed by atoms with van der Waals surface area (Å²) in [6.45, 7) is 6.87. The van der Waals surface area contributed by atoms with Crippen LogP contribution in [0.4, 0.5) is 0 Å². The van der Waals surface area contributed by atoms with Gasteiger partial charge in [0.1, 0.15) is 0 Å². The van der Waals surface area contributed by atoms with Gasteiger partial charge < -0.3 is 0 Å². The summed E-state index contributed by atoms with van der Waals surface area (Å²) in [6.07, 6.45) is 5.02. The molecule has 2 nitrogen and oxygen atoms in total. The molecule has 3 N–H and O–H groups in total. The smallest absolute Gasteiger partial charge is 0.0244 e. The second kappa shape index (κ2) is 6.53. The molecule has 2 heteroatoms. The molecule has 0 bridgehead atoms. The SMILES string of the molecule is CC(C)C(C)C(CC1CCCc2ccccc21)NN. The van der Waals surface area contributed by atoms with E-state index in [2.05, 4.69) is 50.5 Å². The van der Waals surface area contributed by atoms with E-state index in [0.29, 0.717) is 23.8 Å². The zero-order valence-electron chi connectivity index (χ0n) is 12.5. The van der Waals surface area contributed by atoms with E-state index in [9.17, 15) is 0 Å². The van der Waals surface area contributed by atoms with Gasteiger partial charge >= 0.3 is 0 Å². The normalized spacial score (nSPS) is 22.1. The second-order valence-electron chi connectivity index (χ2n) is 6.40. The van der Waals surface area contributed by atoms with Crippen LogP contribution in [-0.2, 0) is 6.42 Å². The van der Waals surface area contributed by atoms with E-state index in [0.717, 1.165) is 6.42 Å². The standard InChI is InChI=1S/C17H28N2/c1-12(2)13(3)17(19-18)11-15-9-6-8-14-7-4-5-10-16(14)15/h4-5,7,10,12-13,15,17,19H,6,8-9,11,18H2,1-3H3. The van der Waals surface area contributed by atoms with Crippen molar-refractivity contribution in [3.63, 3.8) is 0 Å². The van der Waals surface area contributed by atoms with Gasteiger partial charge in [0.2, 0.25) is 0 Å². The molecular formula is C17H28N2. The lowest BCUT2D eigenvalue weighted by atomic mass is 9.76. The molecule has 0 heterocycles. The number of hydrogen-bond acceptors (Lipinski definition) is 2. The largest absolute Gasteiger partial charge is 0.271 e. The maximum absolute atomic E-state index is 5.80. The number of nitrogens with two attached hydrogens (primary N) is 1. The van der Waals surface area contributed by atoms with Crippen molar-refractivity contribution in [1.82, 2.24) is 5.43 Å². The number of rotatable bonds is 5. The Balaban J connectivity index is 2.11. The Hall–Kier alpha value is -0.860. The summed E-state index contributed by atoms with van der Waals surface area (Å²) in [4.78, 5) is 0. The van der Waals surface area contributed by atoms with Gasteiger partial charge in [-0.1, -0.05) is 45.0 Å². The van der Waals surface area contributed by atoms with Gasteiger partial charge in [-0.05, 0) is 54.6 Å². The van der Waals surface area contributed by atoms with E-state index in [4.69, 9.17) is 5.84 Å². The molecule has 0 radical (unpaired) electrons. The summed E-state index contributed by atoms with van der Waals surface area (Å²) < 4.78 is 0. The Bertz CT molecular complexity index is 400. The molecule has 1 aromatic rings. The van der Waals surface area contributed by atoms with Gasteiger partial charge in [0.25, 0.3) is 0 Å². The van der Waals surface area contributed by atoms with Crippen LogP contribution < -0.4 is 11.3 Å². The average molecular weight is 260 g/mol. The Kier molecular flexibility index (Phi) is 5.00. The molecule has 0 amide bonds. The lowest BCUT2D eigenvalue weighted by Gasteiger charge is -2.32. The van der Waals surface area contributed by atoms with Crippen LogP contribution >= 0.6 is 0 Å². The van der Waals surface area contributed by atoms with E-state index in [1.165, 1.54) is 19.3 Å². The van der Waals surface area contributed by atoms with E-state index in [-0.39, 0.29) is 0 Å². The highest BCUT2D eigenvalue weighted by Crippen LogP contribution is 2.36. The third-order valence-corrected chi connectivity index (χ3v) is 4.93. The van der Waals surface area contributed by atoms with Crippen molar-refractivity contribution in [3.8, 4) is 0 Å². The van der Waals surface area contributed by atoms with Crippen LogP contribution in [-0.4, -0.2) is 6.04 Å². The number of aryl methyl sites for hydroxylation is 1. The van der Waals surface area contributed by atoms with Crippen LogP contribution in [0.25, 0.3) is 0 Å².